The Hall–Kier alpha value is -2.46. The molecule has 0 amide bonds. The first-order valence-corrected chi connectivity index (χ1v) is 10.2. The van der Waals surface area contributed by atoms with Gasteiger partial charge in [0.2, 0.25) is 10.0 Å². The summed E-state index contributed by atoms with van der Waals surface area (Å²) in [7, 11) is -2.58. The summed E-state index contributed by atoms with van der Waals surface area (Å²) in [5, 5.41) is 10.9. The summed E-state index contributed by atoms with van der Waals surface area (Å²) in [6.45, 7) is 3.05. The van der Waals surface area contributed by atoms with Gasteiger partial charge in [-0.2, -0.15) is 0 Å². The minimum absolute atomic E-state index is 0.0605. The first-order chi connectivity index (χ1) is 12.8. The number of aryl methyl sites for hydroxylation is 2. The molecule has 3 rings (SSSR count). The topological polar surface area (TPSA) is 116 Å². The molecule has 0 atom stereocenters. The van der Waals surface area contributed by atoms with Gasteiger partial charge in [-0.15, -0.1) is 0 Å². The van der Waals surface area contributed by atoms with E-state index in [1.165, 1.54) is 13.2 Å². The third-order valence-electron chi connectivity index (χ3n) is 4.69. The predicted molar refractivity (Wildman–Crippen MR) is 98.4 cm³/mol. The van der Waals surface area contributed by atoms with E-state index in [4.69, 9.17) is 4.74 Å². The van der Waals surface area contributed by atoms with Crippen LogP contribution < -0.4 is 9.46 Å². The summed E-state index contributed by atoms with van der Waals surface area (Å²) in [5.74, 6) is 1.00. The Kier molecular flexibility index (Phi) is 5.47. The van der Waals surface area contributed by atoms with E-state index < -0.39 is 14.9 Å². The van der Waals surface area contributed by atoms with Crippen molar-refractivity contribution in [3.63, 3.8) is 0 Å². The fourth-order valence-electron chi connectivity index (χ4n) is 3.37. The lowest BCUT2D eigenvalue weighted by Crippen LogP contribution is -2.27. The number of nitrogens with zero attached hydrogens (tertiary/aromatic N) is 3. The number of imidazole rings is 1. The Morgan fingerprint density at radius 2 is 2.15 bits per heavy atom. The zero-order chi connectivity index (χ0) is 19.6. The number of hydrogen-bond donors (Lipinski definition) is 1. The first-order valence-electron chi connectivity index (χ1n) is 8.70. The minimum Gasteiger partial charge on any atom is -0.495 e. The lowest BCUT2D eigenvalue weighted by molar-refractivity contribution is -0.385. The van der Waals surface area contributed by atoms with Crippen molar-refractivity contribution in [2.75, 3.05) is 13.7 Å². The molecule has 1 aliphatic heterocycles. The minimum atomic E-state index is -3.86. The number of non-ortho nitro benzene ring substituents is 1. The van der Waals surface area contributed by atoms with Gasteiger partial charge in [0.15, 0.2) is 0 Å². The predicted octanol–water partition coefficient (Wildman–Crippen LogP) is 1.97. The van der Waals surface area contributed by atoms with Crippen molar-refractivity contribution in [2.45, 2.75) is 44.0 Å². The molecule has 27 heavy (non-hydrogen) atoms. The van der Waals surface area contributed by atoms with Gasteiger partial charge in [0.25, 0.3) is 5.69 Å². The van der Waals surface area contributed by atoms with Gasteiger partial charge < -0.3 is 9.30 Å². The van der Waals surface area contributed by atoms with Gasteiger partial charge in [-0.3, -0.25) is 10.1 Å². The number of methoxy groups -OCH3 is 1. The van der Waals surface area contributed by atoms with Gasteiger partial charge in [-0.25, -0.2) is 18.1 Å². The third-order valence-corrected chi connectivity index (χ3v) is 6.19. The molecule has 2 aromatic rings. The average molecular weight is 394 g/mol. The van der Waals surface area contributed by atoms with E-state index in [0.29, 0.717) is 6.42 Å². The van der Waals surface area contributed by atoms with Gasteiger partial charge >= 0.3 is 0 Å². The van der Waals surface area contributed by atoms with E-state index in [1.54, 1.807) is 0 Å². The summed E-state index contributed by atoms with van der Waals surface area (Å²) in [6.07, 6.45) is 3.70. The molecule has 0 unspecified atom stereocenters. The Bertz CT molecular complexity index is 968. The van der Waals surface area contributed by atoms with Gasteiger partial charge in [0.05, 0.1) is 23.8 Å². The summed E-state index contributed by atoms with van der Waals surface area (Å²) >= 11 is 0. The molecular formula is C17H22N4O5S. The lowest BCUT2D eigenvalue weighted by atomic mass is 10.1. The van der Waals surface area contributed by atoms with E-state index in [-0.39, 0.29) is 22.9 Å². The van der Waals surface area contributed by atoms with Crippen molar-refractivity contribution in [3.8, 4) is 5.75 Å². The second kappa shape index (κ2) is 7.65. The highest BCUT2D eigenvalue weighted by Crippen LogP contribution is 2.28. The van der Waals surface area contributed by atoms with Crippen molar-refractivity contribution in [1.82, 2.24) is 14.3 Å². The molecule has 1 N–H and O–H groups in total. The monoisotopic (exact) mass is 394 g/mol. The molecule has 0 spiro atoms. The van der Waals surface area contributed by atoms with Gasteiger partial charge in [0.1, 0.15) is 16.5 Å². The van der Waals surface area contributed by atoms with E-state index in [0.717, 1.165) is 55.2 Å². The number of hydrogen-bond acceptors (Lipinski definition) is 6. The zero-order valence-electron chi connectivity index (χ0n) is 15.3. The molecule has 2 heterocycles. The normalized spacial score (nSPS) is 14.0. The zero-order valence-corrected chi connectivity index (χ0v) is 16.1. The highest BCUT2D eigenvalue weighted by Gasteiger charge is 2.23. The first kappa shape index (κ1) is 19.3. The van der Waals surface area contributed by atoms with Crippen LogP contribution in [0, 0.1) is 17.0 Å². The molecule has 0 saturated carbocycles. The van der Waals surface area contributed by atoms with Crippen LogP contribution in [0.15, 0.2) is 23.1 Å². The Labute approximate surface area is 157 Å². The Morgan fingerprint density at radius 3 is 2.85 bits per heavy atom. The van der Waals surface area contributed by atoms with Crippen LogP contribution in [-0.4, -0.2) is 36.5 Å². The maximum Gasteiger partial charge on any atom is 0.273 e. The summed E-state index contributed by atoms with van der Waals surface area (Å²) in [6, 6.07) is 3.44. The van der Waals surface area contributed by atoms with Crippen LogP contribution in [0.3, 0.4) is 0 Å². The fraction of sp³-hybridized carbons (Fsp3) is 0.471. The van der Waals surface area contributed by atoms with E-state index >= 15 is 0 Å². The summed E-state index contributed by atoms with van der Waals surface area (Å²) < 4.78 is 35.0. The molecule has 0 fully saturated rings. The largest absolute Gasteiger partial charge is 0.495 e. The van der Waals surface area contributed by atoms with Crippen LogP contribution >= 0.6 is 0 Å². The highest BCUT2D eigenvalue weighted by atomic mass is 32.2. The molecule has 1 aliphatic rings. The maximum atomic E-state index is 12.6. The summed E-state index contributed by atoms with van der Waals surface area (Å²) in [5.41, 5.74) is 1.74. The molecule has 10 heteroatoms. The Morgan fingerprint density at radius 1 is 1.37 bits per heavy atom. The van der Waals surface area contributed by atoms with Crippen LogP contribution in [0.1, 0.15) is 30.1 Å². The van der Waals surface area contributed by atoms with Crippen LogP contribution in [0.2, 0.25) is 0 Å². The van der Waals surface area contributed by atoms with Gasteiger partial charge in [-0.1, -0.05) is 0 Å². The molecule has 146 valence electrons. The third kappa shape index (κ3) is 3.96. The number of ether oxygens (including phenoxy) is 1. The quantitative estimate of drug-likeness (QED) is 0.567. The maximum absolute atomic E-state index is 12.6. The van der Waals surface area contributed by atoms with Crippen LogP contribution in [-0.2, 0) is 29.4 Å². The van der Waals surface area contributed by atoms with Crippen LogP contribution in [0.5, 0.6) is 5.75 Å². The standard InChI is InChI=1S/C17H22N4O5S/c1-12-14(20-10-4-3-5-17(20)19-12)8-9-18-27(24,25)16-7-6-13(21(22)23)11-15(16)26-2/h6-7,11,18H,3-5,8-10H2,1-2H3. The van der Waals surface area contributed by atoms with Crippen molar-refractivity contribution in [1.29, 1.82) is 0 Å². The number of aromatic nitrogens is 2. The molecule has 0 aliphatic carbocycles. The number of nitro benzene ring substituents is 1. The summed E-state index contributed by atoms with van der Waals surface area (Å²) in [4.78, 5) is 14.7. The smallest absolute Gasteiger partial charge is 0.273 e. The fourth-order valence-corrected chi connectivity index (χ4v) is 4.55. The van der Waals surface area contributed by atoms with Gasteiger partial charge in [0, 0.05) is 37.7 Å². The molecule has 0 radical (unpaired) electrons. The van der Waals surface area contributed by atoms with Crippen molar-refractivity contribution < 1.29 is 18.1 Å². The SMILES string of the molecule is COc1cc([N+](=O)[O-])ccc1S(=O)(=O)NCCc1c(C)nc2n1CCCC2. The van der Waals surface area contributed by atoms with Crippen LogP contribution in [0.25, 0.3) is 0 Å². The second-order valence-electron chi connectivity index (χ2n) is 6.41. The van der Waals surface area contributed by atoms with E-state index in [2.05, 4.69) is 14.3 Å². The molecule has 9 nitrogen and oxygen atoms in total. The van der Waals surface area contributed by atoms with E-state index in [9.17, 15) is 18.5 Å². The van der Waals surface area contributed by atoms with Crippen molar-refractivity contribution >= 4 is 15.7 Å². The van der Waals surface area contributed by atoms with E-state index in [1.807, 2.05) is 6.92 Å². The number of fused-ring (bicyclic) bond motifs is 1. The molecule has 1 aromatic heterocycles. The van der Waals surface area contributed by atoms with Crippen molar-refractivity contribution in [2.24, 2.45) is 0 Å². The average Bonchev–Trinajstić information content (AvgIpc) is 2.96. The van der Waals surface area contributed by atoms with Crippen LogP contribution in [0.4, 0.5) is 5.69 Å². The molecule has 0 bridgehead atoms. The highest BCUT2D eigenvalue weighted by molar-refractivity contribution is 7.89. The lowest BCUT2D eigenvalue weighted by Gasteiger charge is -2.17. The van der Waals surface area contributed by atoms with Gasteiger partial charge in [-0.05, 0) is 25.8 Å². The molecular weight excluding hydrogens is 372 g/mol. The van der Waals surface area contributed by atoms with Crippen molar-refractivity contribution in [3.05, 3.63) is 45.5 Å². The second-order valence-corrected chi connectivity index (χ2v) is 8.14. The number of rotatable bonds is 7. The molecule has 1 aromatic carbocycles. The number of benzene rings is 1. The number of nitro groups is 1. The number of nitrogens with one attached hydrogen (secondary N) is 1. The Balaban J connectivity index is 1.75. The number of sulfonamides is 1. The molecule has 0 saturated heterocycles.